The van der Waals surface area contributed by atoms with Crippen LogP contribution in [0.3, 0.4) is 0 Å². The fraction of sp³-hybridized carbons (Fsp3) is 0.273. The Labute approximate surface area is 138 Å². The van der Waals surface area contributed by atoms with Gasteiger partial charge in [0, 0.05) is 0 Å². The van der Waals surface area contributed by atoms with E-state index in [-0.39, 0.29) is 5.15 Å². The van der Waals surface area contributed by atoms with E-state index in [0.717, 1.165) is 6.07 Å². The molecule has 2 heterocycles. The maximum absolute atomic E-state index is 14.3. The van der Waals surface area contributed by atoms with E-state index in [0.29, 0.717) is 22.1 Å². The van der Waals surface area contributed by atoms with E-state index in [4.69, 9.17) is 16.9 Å². The van der Waals surface area contributed by atoms with Crippen LogP contribution in [0.15, 0.2) is 17.3 Å². The largest absolute Gasteiger partial charge is 0.286 e. The molecule has 0 amide bonds. The number of sulfonamides is 1. The summed E-state index contributed by atoms with van der Waals surface area (Å²) in [7, 11) is -4.18. The van der Waals surface area contributed by atoms with Crippen molar-refractivity contribution in [1.29, 1.82) is 5.26 Å². The highest BCUT2D eigenvalue weighted by Crippen LogP contribution is 2.37. The number of nitriles is 1. The zero-order valence-electron chi connectivity index (χ0n) is 10.3. The molecule has 0 spiro atoms. The van der Waals surface area contributed by atoms with Crippen LogP contribution in [0.4, 0.5) is 4.39 Å². The lowest BCUT2D eigenvalue weighted by molar-refractivity contribution is 0.547. The van der Waals surface area contributed by atoms with Crippen LogP contribution in [-0.2, 0) is 10.0 Å². The number of hydrogen-bond acceptors (Lipinski definition) is 4. The van der Waals surface area contributed by atoms with Gasteiger partial charge in [-0.1, -0.05) is 11.6 Å². The van der Waals surface area contributed by atoms with Crippen molar-refractivity contribution in [1.82, 2.24) is 14.1 Å². The summed E-state index contributed by atoms with van der Waals surface area (Å²) in [5.74, 6) is -1.07. The number of hydrogen-bond donors (Lipinski definition) is 1. The molecule has 1 saturated carbocycles. The molecule has 1 aliphatic rings. The minimum atomic E-state index is -4.18. The highest BCUT2D eigenvalue weighted by Gasteiger charge is 2.47. The van der Waals surface area contributed by atoms with E-state index >= 15 is 0 Å². The normalized spacial score (nSPS) is 16.9. The number of nitrogens with zero attached hydrogens (tertiary/aromatic N) is 3. The van der Waals surface area contributed by atoms with Crippen LogP contribution in [0.1, 0.15) is 12.8 Å². The fourth-order valence-corrected chi connectivity index (χ4v) is 4.19. The Bertz CT molecular complexity index is 901. The number of fused-ring (bicyclic) bond motifs is 1. The third-order valence-corrected chi connectivity index (χ3v) is 5.93. The Kier molecular flexibility index (Phi) is 3.40. The summed E-state index contributed by atoms with van der Waals surface area (Å²) in [6.07, 6.45) is 2.12. The summed E-state index contributed by atoms with van der Waals surface area (Å²) in [6, 6.07) is 3.05. The zero-order valence-corrected chi connectivity index (χ0v) is 14.0. The quantitative estimate of drug-likeness (QED) is 0.585. The fourth-order valence-electron chi connectivity index (χ4n) is 1.89. The van der Waals surface area contributed by atoms with Crippen molar-refractivity contribution in [2.45, 2.75) is 23.3 Å². The molecule has 0 aromatic carbocycles. The van der Waals surface area contributed by atoms with Gasteiger partial charge in [0.1, 0.15) is 20.5 Å². The first-order chi connectivity index (χ1) is 9.80. The van der Waals surface area contributed by atoms with Crippen LogP contribution in [-0.4, -0.2) is 23.3 Å². The topological polar surface area (TPSA) is 87.3 Å². The van der Waals surface area contributed by atoms with Gasteiger partial charge in [0.2, 0.25) is 10.0 Å². The standard InChI is InChI=1S/C11H7ClFIN4O2S/c12-9-8(13)7(3-6-10(14)16-5-18(6)9)21(19,20)17-11(4-15)1-2-11/h3,5,17H,1-2H2. The molecule has 0 aliphatic heterocycles. The molecule has 2 aromatic heterocycles. The van der Waals surface area contributed by atoms with Gasteiger partial charge in [-0.15, -0.1) is 0 Å². The molecule has 1 fully saturated rings. The van der Waals surface area contributed by atoms with Gasteiger partial charge in [0.05, 0.1) is 11.6 Å². The average Bonchev–Trinajstić information content (AvgIpc) is 3.09. The molecule has 0 atom stereocenters. The molecular weight excluding hydrogens is 434 g/mol. The minimum Gasteiger partial charge on any atom is -0.286 e. The summed E-state index contributed by atoms with van der Waals surface area (Å²) in [6.45, 7) is 0. The van der Waals surface area contributed by atoms with Crippen LogP contribution in [0.2, 0.25) is 5.15 Å². The predicted molar refractivity (Wildman–Crippen MR) is 80.8 cm³/mol. The lowest BCUT2D eigenvalue weighted by atomic mass is 10.3. The molecule has 1 aliphatic carbocycles. The minimum absolute atomic E-state index is 0.370. The number of imidazole rings is 1. The lowest BCUT2D eigenvalue weighted by Crippen LogP contribution is -2.36. The van der Waals surface area contributed by atoms with Gasteiger partial charge in [-0.2, -0.15) is 9.98 Å². The highest BCUT2D eigenvalue weighted by atomic mass is 127. The Morgan fingerprint density at radius 2 is 2.24 bits per heavy atom. The van der Waals surface area contributed by atoms with Gasteiger partial charge < -0.3 is 0 Å². The van der Waals surface area contributed by atoms with E-state index in [1.807, 2.05) is 28.7 Å². The molecule has 110 valence electrons. The number of halogens is 3. The van der Waals surface area contributed by atoms with Crippen molar-refractivity contribution < 1.29 is 12.8 Å². The molecule has 10 heteroatoms. The molecule has 0 bridgehead atoms. The van der Waals surface area contributed by atoms with E-state index in [1.54, 1.807) is 0 Å². The monoisotopic (exact) mass is 440 g/mol. The number of pyridine rings is 1. The zero-order chi connectivity index (χ0) is 15.4. The first kappa shape index (κ1) is 15.0. The summed E-state index contributed by atoms with van der Waals surface area (Å²) < 4.78 is 42.8. The third-order valence-electron chi connectivity index (χ3n) is 3.22. The van der Waals surface area contributed by atoms with Crippen molar-refractivity contribution in [2.75, 3.05) is 0 Å². The van der Waals surface area contributed by atoms with Crippen molar-refractivity contribution in [3.05, 3.63) is 27.1 Å². The molecular formula is C11H7ClFIN4O2S. The van der Waals surface area contributed by atoms with Crippen molar-refractivity contribution in [3.63, 3.8) is 0 Å². The van der Waals surface area contributed by atoms with Crippen molar-refractivity contribution >= 4 is 49.7 Å². The second kappa shape index (κ2) is 4.77. The smallest absolute Gasteiger partial charge is 0.245 e. The molecule has 0 unspecified atom stereocenters. The Balaban J connectivity index is 2.18. The van der Waals surface area contributed by atoms with Crippen molar-refractivity contribution in [2.24, 2.45) is 0 Å². The average molecular weight is 441 g/mol. The third kappa shape index (κ3) is 2.40. The van der Waals surface area contributed by atoms with E-state index in [2.05, 4.69) is 9.71 Å². The summed E-state index contributed by atoms with van der Waals surface area (Å²) in [4.78, 5) is 3.37. The predicted octanol–water partition coefficient (Wildman–Crippen LogP) is 2.07. The second-order valence-electron chi connectivity index (χ2n) is 4.70. The molecule has 21 heavy (non-hydrogen) atoms. The van der Waals surface area contributed by atoms with Gasteiger partial charge in [-0.25, -0.2) is 17.8 Å². The Morgan fingerprint density at radius 3 is 2.81 bits per heavy atom. The number of aromatic nitrogens is 2. The molecule has 6 nitrogen and oxygen atoms in total. The van der Waals surface area contributed by atoms with Gasteiger partial charge in [-0.05, 0) is 41.5 Å². The van der Waals surface area contributed by atoms with Crippen LogP contribution in [0.25, 0.3) is 5.52 Å². The molecule has 0 radical (unpaired) electrons. The van der Waals surface area contributed by atoms with Gasteiger partial charge >= 0.3 is 0 Å². The number of rotatable bonds is 3. The number of nitrogens with one attached hydrogen (secondary N) is 1. The Morgan fingerprint density at radius 1 is 1.57 bits per heavy atom. The van der Waals surface area contributed by atoms with Crippen molar-refractivity contribution in [3.8, 4) is 6.07 Å². The van der Waals surface area contributed by atoms with E-state index in [1.165, 1.54) is 10.7 Å². The maximum atomic E-state index is 14.3. The molecule has 0 saturated heterocycles. The van der Waals surface area contributed by atoms with Crippen LogP contribution in [0, 0.1) is 20.8 Å². The Hall–Kier alpha value is -0.960. The summed E-state index contributed by atoms with van der Waals surface area (Å²) >= 11 is 7.75. The summed E-state index contributed by atoms with van der Waals surface area (Å²) in [5, 5.41) is 8.59. The van der Waals surface area contributed by atoms with Gasteiger partial charge in [0.15, 0.2) is 11.0 Å². The highest BCUT2D eigenvalue weighted by molar-refractivity contribution is 14.1. The first-order valence-corrected chi connectivity index (χ1v) is 8.69. The molecule has 1 N–H and O–H groups in total. The molecule has 2 aromatic rings. The van der Waals surface area contributed by atoms with Crippen LogP contribution in [0.5, 0.6) is 0 Å². The van der Waals surface area contributed by atoms with E-state index in [9.17, 15) is 12.8 Å². The molecule has 3 rings (SSSR count). The second-order valence-corrected chi connectivity index (χ2v) is 7.73. The maximum Gasteiger partial charge on any atom is 0.245 e. The SMILES string of the molecule is N#CC1(NS(=O)(=O)c2cc3c(I)ncn3c(Cl)c2F)CC1. The van der Waals surface area contributed by atoms with Gasteiger partial charge in [0.25, 0.3) is 0 Å². The summed E-state index contributed by atoms with van der Waals surface area (Å²) in [5.41, 5.74) is -0.749. The van der Waals surface area contributed by atoms with Gasteiger partial charge in [-0.3, -0.25) is 4.40 Å². The van der Waals surface area contributed by atoms with E-state index < -0.39 is 26.3 Å². The van der Waals surface area contributed by atoms with Crippen LogP contribution >= 0.6 is 34.2 Å². The lowest BCUT2D eigenvalue weighted by Gasteiger charge is -2.12. The first-order valence-electron chi connectivity index (χ1n) is 5.75. The van der Waals surface area contributed by atoms with Crippen LogP contribution < -0.4 is 4.72 Å².